The summed E-state index contributed by atoms with van der Waals surface area (Å²) in [6, 6.07) is 3.89. The smallest absolute Gasteiger partial charge is 0.259 e. The van der Waals surface area contributed by atoms with Crippen LogP contribution in [0.1, 0.15) is 0 Å². The van der Waals surface area contributed by atoms with Crippen LogP contribution in [-0.4, -0.2) is 32.1 Å². The van der Waals surface area contributed by atoms with Crippen molar-refractivity contribution in [1.29, 1.82) is 0 Å². The standard InChI is InChI=1S/C11H10FNO4/c1-16-9-3-2-7(4-8(9)12)13-10(14)5-17-6-11(13)15/h2-4H,5-6H2,1H3. The quantitative estimate of drug-likeness (QED) is 0.714. The van der Waals surface area contributed by atoms with Crippen LogP contribution in [0.2, 0.25) is 0 Å². The van der Waals surface area contributed by atoms with Crippen molar-refractivity contribution in [2.45, 2.75) is 0 Å². The Kier molecular flexibility index (Phi) is 3.06. The molecule has 0 N–H and O–H groups in total. The Bertz CT molecular complexity index is 459. The maximum Gasteiger partial charge on any atom is 0.259 e. The Hall–Kier alpha value is -1.95. The molecule has 0 aromatic heterocycles. The van der Waals surface area contributed by atoms with E-state index in [9.17, 15) is 14.0 Å². The molecule has 17 heavy (non-hydrogen) atoms. The molecule has 90 valence electrons. The van der Waals surface area contributed by atoms with Gasteiger partial charge in [0, 0.05) is 6.07 Å². The van der Waals surface area contributed by atoms with Crippen molar-refractivity contribution in [3.05, 3.63) is 24.0 Å². The molecule has 0 spiro atoms. The average Bonchev–Trinajstić information content (AvgIpc) is 2.29. The summed E-state index contributed by atoms with van der Waals surface area (Å²) < 4.78 is 23.0. The van der Waals surface area contributed by atoms with Gasteiger partial charge < -0.3 is 9.47 Å². The molecule has 1 saturated heterocycles. The van der Waals surface area contributed by atoms with Crippen LogP contribution in [-0.2, 0) is 14.3 Å². The average molecular weight is 239 g/mol. The Morgan fingerprint density at radius 3 is 2.47 bits per heavy atom. The number of morpholine rings is 1. The first-order chi connectivity index (χ1) is 8.13. The molecule has 0 saturated carbocycles. The van der Waals surface area contributed by atoms with Gasteiger partial charge in [0.25, 0.3) is 11.8 Å². The zero-order valence-electron chi connectivity index (χ0n) is 9.10. The highest BCUT2D eigenvalue weighted by atomic mass is 19.1. The van der Waals surface area contributed by atoms with E-state index in [0.29, 0.717) is 0 Å². The van der Waals surface area contributed by atoms with Gasteiger partial charge in [-0.05, 0) is 12.1 Å². The molecule has 0 unspecified atom stereocenters. The third-order valence-electron chi connectivity index (χ3n) is 2.34. The van der Waals surface area contributed by atoms with E-state index >= 15 is 0 Å². The fourth-order valence-electron chi connectivity index (χ4n) is 1.58. The van der Waals surface area contributed by atoms with Crippen LogP contribution in [0.4, 0.5) is 10.1 Å². The first-order valence-electron chi connectivity index (χ1n) is 4.90. The number of hydrogen-bond acceptors (Lipinski definition) is 4. The van der Waals surface area contributed by atoms with E-state index in [1.807, 2.05) is 0 Å². The number of carbonyl (C=O) groups is 2. The molecule has 1 aromatic carbocycles. The fraction of sp³-hybridized carbons (Fsp3) is 0.273. The lowest BCUT2D eigenvalue weighted by Gasteiger charge is -2.25. The van der Waals surface area contributed by atoms with Gasteiger partial charge in [-0.15, -0.1) is 0 Å². The van der Waals surface area contributed by atoms with Crippen LogP contribution < -0.4 is 9.64 Å². The maximum absolute atomic E-state index is 13.5. The second kappa shape index (κ2) is 4.50. The summed E-state index contributed by atoms with van der Waals surface area (Å²) in [7, 11) is 1.34. The maximum atomic E-state index is 13.5. The number of amides is 2. The normalized spacial score (nSPS) is 16.2. The second-order valence-electron chi connectivity index (χ2n) is 3.43. The molecule has 1 aromatic rings. The fourth-order valence-corrected chi connectivity index (χ4v) is 1.58. The summed E-state index contributed by atoms with van der Waals surface area (Å²) in [5.74, 6) is -1.59. The largest absolute Gasteiger partial charge is 0.494 e. The van der Waals surface area contributed by atoms with Crippen molar-refractivity contribution in [2.75, 3.05) is 25.2 Å². The lowest BCUT2D eigenvalue weighted by atomic mass is 10.2. The highest BCUT2D eigenvalue weighted by Gasteiger charge is 2.28. The van der Waals surface area contributed by atoms with E-state index in [2.05, 4.69) is 0 Å². The minimum atomic E-state index is -0.628. The van der Waals surface area contributed by atoms with Gasteiger partial charge >= 0.3 is 0 Å². The number of carbonyl (C=O) groups excluding carboxylic acids is 2. The van der Waals surface area contributed by atoms with Gasteiger partial charge in [-0.2, -0.15) is 0 Å². The van der Waals surface area contributed by atoms with E-state index in [1.165, 1.54) is 19.2 Å². The lowest BCUT2D eigenvalue weighted by Crippen LogP contribution is -2.46. The van der Waals surface area contributed by atoms with Crippen LogP contribution in [0.15, 0.2) is 18.2 Å². The van der Waals surface area contributed by atoms with Crippen molar-refractivity contribution < 1.29 is 23.5 Å². The van der Waals surface area contributed by atoms with E-state index in [1.54, 1.807) is 0 Å². The molecule has 0 bridgehead atoms. The Balaban J connectivity index is 2.35. The molecule has 0 radical (unpaired) electrons. The number of imide groups is 1. The van der Waals surface area contributed by atoms with Crippen molar-refractivity contribution in [2.24, 2.45) is 0 Å². The van der Waals surface area contributed by atoms with Gasteiger partial charge in [-0.3, -0.25) is 9.59 Å². The summed E-state index contributed by atoms with van der Waals surface area (Å²) in [4.78, 5) is 23.9. The number of benzene rings is 1. The third-order valence-corrected chi connectivity index (χ3v) is 2.34. The first-order valence-corrected chi connectivity index (χ1v) is 4.90. The van der Waals surface area contributed by atoms with Crippen molar-refractivity contribution in [1.82, 2.24) is 0 Å². The molecule has 6 heteroatoms. The molecule has 2 amide bonds. The van der Waals surface area contributed by atoms with E-state index in [-0.39, 0.29) is 24.7 Å². The predicted octanol–water partition coefficient (Wildman–Crippen LogP) is 0.724. The predicted molar refractivity (Wildman–Crippen MR) is 56.3 cm³/mol. The van der Waals surface area contributed by atoms with Gasteiger partial charge in [0.2, 0.25) is 0 Å². The van der Waals surface area contributed by atoms with Crippen LogP contribution in [0, 0.1) is 5.82 Å². The number of halogens is 1. The van der Waals surface area contributed by atoms with Crippen LogP contribution in [0.25, 0.3) is 0 Å². The molecule has 1 fully saturated rings. The number of ether oxygens (including phenoxy) is 2. The minimum Gasteiger partial charge on any atom is -0.494 e. The zero-order chi connectivity index (χ0) is 12.4. The van der Waals surface area contributed by atoms with Gasteiger partial charge in [0.15, 0.2) is 11.6 Å². The molecular formula is C11H10FNO4. The molecule has 1 heterocycles. The van der Waals surface area contributed by atoms with Crippen molar-refractivity contribution in [3.63, 3.8) is 0 Å². The molecule has 0 atom stereocenters. The number of anilines is 1. The Morgan fingerprint density at radius 2 is 1.94 bits per heavy atom. The molecular weight excluding hydrogens is 229 g/mol. The highest BCUT2D eigenvalue weighted by Crippen LogP contribution is 2.24. The summed E-state index contributed by atoms with van der Waals surface area (Å²) in [5.41, 5.74) is 0.182. The van der Waals surface area contributed by atoms with Gasteiger partial charge in [0.05, 0.1) is 12.8 Å². The molecule has 0 aliphatic carbocycles. The molecule has 5 nitrogen and oxygen atoms in total. The zero-order valence-corrected chi connectivity index (χ0v) is 9.10. The van der Waals surface area contributed by atoms with Crippen molar-refractivity contribution >= 4 is 17.5 Å². The van der Waals surface area contributed by atoms with Gasteiger partial charge in [-0.25, -0.2) is 9.29 Å². The Labute approximate surface area is 96.7 Å². The summed E-state index contributed by atoms with van der Waals surface area (Å²) in [5, 5.41) is 0. The number of nitrogens with zero attached hydrogens (tertiary/aromatic N) is 1. The summed E-state index contributed by atoms with van der Waals surface area (Å²) >= 11 is 0. The number of methoxy groups -OCH3 is 1. The first kappa shape index (κ1) is 11.5. The summed E-state index contributed by atoms with van der Waals surface area (Å²) in [6.07, 6.45) is 0. The topological polar surface area (TPSA) is 55.8 Å². The number of rotatable bonds is 2. The van der Waals surface area contributed by atoms with E-state index < -0.39 is 17.6 Å². The number of hydrogen-bond donors (Lipinski definition) is 0. The third kappa shape index (κ3) is 2.12. The van der Waals surface area contributed by atoms with Crippen molar-refractivity contribution in [3.8, 4) is 5.75 Å². The monoisotopic (exact) mass is 239 g/mol. The van der Waals surface area contributed by atoms with Gasteiger partial charge in [0.1, 0.15) is 13.2 Å². The summed E-state index contributed by atoms with van der Waals surface area (Å²) in [6.45, 7) is -0.362. The Morgan fingerprint density at radius 1 is 1.29 bits per heavy atom. The SMILES string of the molecule is COc1ccc(N2C(=O)COCC2=O)cc1F. The van der Waals surface area contributed by atoms with Crippen LogP contribution in [0.5, 0.6) is 5.75 Å². The molecule has 1 aliphatic rings. The van der Waals surface area contributed by atoms with Gasteiger partial charge in [-0.1, -0.05) is 0 Å². The van der Waals surface area contributed by atoms with E-state index in [0.717, 1.165) is 11.0 Å². The molecule has 2 rings (SSSR count). The van der Waals surface area contributed by atoms with Crippen LogP contribution in [0.3, 0.4) is 0 Å². The van der Waals surface area contributed by atoms with E-state index in [4.69, 9.17) is 9.47 Å². The lowest BCUT2D eigenvalue weighted by molar-refractivity contribution is -0.138. The second-order valence-corrected chi connectivity index (χ2v) is 3.43. The molecule has 1 aliphatic heterocycles. The minimum absolute atomic E-state index is 0.0573. The highest BCUT2D eigenvalue weighted by molar-refractivity contribution is 6.17. The van der Waals surface area contributed by atoms with Crippen LogP contribution >= 0.6 is 0 Å².